The second-order valence-corrected chi connectivity index (χ2v) is 6.22. The molecule has 0 aromatic carbocycles. The summed E-state index contributed by atoms with van der Waals surface area (Å²) in [6.45, 7) is 7.02. The summed E-state index contributed by atoms with van der Waals surface area (Å²) < 4.78 is 5.39. The van der Waals surface area contributed by atoms with E-state index in [1.165, 1.54) is 0 Å². The van der Waals surface area contributed by atoms with Crippen LogP contribution in [0.3, 0.4) is 0 Å². The standard InChI is InChI=1S/C15H23N3O2/c1-15(2,3)20-14(19)18-9-6-11(7-10-18)13-12(16)5-4-8-17-13/h4-5,8,11H,6-7,9-10,16H2,1-3H3. The van der Waals surface area contributed by atoms with E-state index in [0.717, 1.165) is 24.2 Å². The van der Waals surface area contributed by atoms with E-state index in [1.54, 1.807) is 11.1 Å². The molecular formula is C15H23N3O2. The highest BCUT2D eigenvalue weighted by atomic mass is 16.6. The molecule has 20 heavy (non-hydrogen) atoms. The largest absolute Gasteiger partial charge is 0.444 e. The summed E-state index contributed by atoms with van der Waals surface area (Å²) in [4.78, 5) is 18.1. The Morgan fingerprint density at radius 1 is 1.40 bits per heavy atom. The Hall–Kier alpha value is -1.78. The lowest BCUT2D eigenvalue weighted by atomic mass is 9.92. The summed E-state index contributed by atoms with van der Waals surface area (Å²) in [5, 5.41) is 0. The van der Waals surface area contributed by atoms with Gasteiger partial charge >= 0.3 is 6.09 Å². The minimum atomic E-state index is -0.445. The minimum Gasteiger partial charge on any atom is -0.444 e. The number of anilines is 1. The molecule has 1 aliphatic rings. The smallest absolute Gasteiger partial charge is 0.410 e. The van der Waals surface area contributed by atoms with E-state index in [-0.39, 0.29) is 6.09 Å². The van der Waals surface area contributed by atoms with Gasteiger partial charge in [-0.3, -0.25) is 4.98 Å². The minimum absolute atomic E-state index is 0.232. The number of rotatable bonds is 1. The number of piperidine rings is 1. The van der Waals surface area contributed by atoms with E-state index >= 15 is 0 Å². The van der Waals surface area contributed by atoms with Crippen LogP contribution in [0.25, 0.3) is 0 Å². The van der Waals surface area contributed by atoms with E-state index in [2.05, 4.69) is 4.98 Å². The zero-order chi connectivity index (χ0) is 14.8. The zero-order valence-electron chi connectivity index (χ0n) is 12.4. The fourth-order valence-corrected chi connectivity index (χ4v) is 2.43. The van der Waals surface area contributed by atoms with Crippen LogP contribution in [-0.4, -0.2) is 34.7 Å². The van der Waals surface area contributed by atoms with Crippen molar-refractivity contribution in [2.75, 3.05) is 18.8 Å². The van der Waals surface area contributed by atoms with Crippen molar-refractivity contribution in [2.45, 2.75) is 45.1 Å². The van der Waals surface area contributed by atoms with Gasteiger partial charge in [0.25, 0.3) is 0 Å². The van der Waals surface area contributed by atoms with Crippen LogP contribution in [0.5, 0.6) is 0 Å². The first-order valence-corrected chi connectivity index (χ1v) is 7.05. The maximum atomic E-state index is 12.0. The number of aromatic nitrogens is 1. The molecule has 1 fully saturated rings. The Balaban J connectivity index is 1.93. The van der Waals surface area contributed by atoms with Crippen molar-refractivity contribution >= 4 is 11.8 Å². The van der Waals surface area contributed by atoms with Crippen LogP contribution in [0.2, 0.25) is 0 Å². The summed E-state index contributed by atoms with van der Waals surface area (Å²) in [5.74, 6) is 0.329. The van der Waals surface area contributed by atoms with Gasteiger partial charge in [-0.25, -0.2) is 4.79 Å². The number of nitrogen functional groups attached to an aromatic ring is 1. The fourth-order valence-electron chi connectivity index (χ4n) is 2.43. The lowest BCUT2D eigenvalue weighted by molar-refractivity contribution is 0.0204. The summed E-state index contributed by atoms with van der Waals surface area (Å²) in [7, 11) is 0. The Kier molecular flexibility index (Phi) is 4.16. The van der Waals surface area contributed by atoms with Crippen LogP contribution >= 0.6 is 0 Å². The number of pyridine rings is 1. The second-order valence-electron chi connectivity index (χ2n) is 6.22. The summed E-state index contributed by atoms with van der Waals surface area (Å²) in [6, 6.07) is 3.72. The van der Waals surface area contributed by atoms with Gasteiger partial charge in [0, 0.05) is 25.2 Å². The van der Waals surface area contributed by atoms with Crippen LogP contribution in [0.1, 0.15) is 45.2 Å². The number of hydrogen-bond acceptors (Lipinski definition) is 4. The Labute approximate surface area is 120 Å². The Morgan fingerprint density at radius 3 is 2.60 bits per heavy atom. The molecule has 110 valence electrons. The van der Waals surface area contributed by atoms with Crippen molar-refractivity contribution < 1.29 is 9.53 Å². The highest BCUT2D eigenvalue weighted by Gasteiger charge is 2.28. The van der Waals surface area contributed by atoms with Crippen LogP contribution in [0, 0.1) is 0 Å². The van der Waals surface area contributed by atoms with Gasteiger partial charge < -0.3 is 15.4 Å². The lowest BCUT2D eigenvalue weighted by Crippen LogP contribution is -2.41. The molecule has 1 aromatic rings. The molecule has 0 spiro atoms. The molecular weight excluding hydrogens is 254 g/mol. The molecule has 0 radical (unpaired) electrons. The van der Waals surface area contributed by atoms with Gasteiger partial charge in [0.15, 0.2) is 0 Å². The number of carbonyl (C=O) groups excluding carboxylic acids is 1. The molecule has 1 aliphatic heterocycles. The first kappa shape index (κ1) is 14.6. The van der Waals surface area contributed by atoms with E-state index in [1.807, 2.05) is 32.9 Å². The monoisotopic (exact) mass is 277 g/mol. The van der Waals surface area contributed by atoms with Crippen LogP contribution in [0.4, 0.5) is 10.5 Å². The van der Waals surface area contributed by atoms with E-state index in [4.69, 9.17) is 10.5 Å². The van der Waals surface area contributed by atoms with Gasteiger partial charge in [-0.15, -0.1) is 0 Å². The molecule has 0 saturated carbocycles. The van der Waals surface area contributed by atoms with E-state index < -0.39 is 5.60 Å². The molecule has 1 amide bonds. The molecule has 5 nitrogen and oxygen atoms in total. The molecule has 1 aromatic heterocycles. The maximum Gasteiger partial charge on any atom is 0.410 e. The van der Waals surface area contributed by atoms with Crippen molar-refractivity contribution in [3.8, 4) is 0 Å². The number of nitrogens with two attached hydrogens (primary N) is 1. The molecule has 5 heteroatoms. The van der Waals surface area contributed by atoms with Gasteiger partial charge in [0.1, 0.15) is 5.60 Å². The zero-order valence-corrected chi connectivity index (χ0v) is 12.4. The maximum absolute atomic E-state index is 12.0. The van der Waals surface area contributed by atoms with Crippen molar-refractivity contribution in [1.29, 1.82) is 0 Å². The SMILES string of the molecule is CC(C)(C)OC(=O)N1CCC(c2ncccc2N)CC1. The van der Waals surface area contributed by atoms with Crippen LogP contribution in [0.15, 0.2) is 18.3 Å². The number of nitrogens with zero attached hydrogens (tertiary/aromatic N) is 2. The topological polar surface area (TPSA) is 68.5 Å². The van der Waals surface area contributed by atoms with Crippen molar-refractivity contribution in [2.24, 2.45) is 0 Å². The van der Waals surface area contributed by atoms with Crippen LogP contribution < -0.4 is 5.73 Å². The van der Waals surface area contributed by atoms with Crippen molar-refractivity contribution in [3.63, 3.8) is 0 Å². The highest BCUT2D eigenvalue weighted by molar-refractivity contribution is 5.68. The first-order chi connectivity index (χ1) is 9.37. The molecule has 2 rings (SSSR count). The molecule has 0 aliphatic carbocycles. The molecule has 1 saturated heterocycles. The highest BCUT2D eigenvalue weighted by Crippen LogP contribution is 2.30. The Morgan fingerprint density at radius 2 is 2.05 bits per heavy atom. The number of ether oxygens (including phenoxy) is 1. The van der Waals surface area contributed by atoms with Gasteiger partial charge in [0.2, 0.25) is 0 Å². The molecule has 0 unspecified atom stereocenters. The quantitative estimate of drug-likeness (QED) is 0.857. The second kappa shape index (κ2) is 5.69. The summed E-state index contributed by atoms with van der Waals surface area (Å²) >= 11 is 0. The normalized spacial score (nSPS) is 17.1. The molecule has 0 bridgehead atoms. The summed E-state index contributed by atoms with van der Waals surface area (Å²) in [5.41, 5.74) is 7.21. The van der Waals surface area contributed by atoms with Gasteiger partial charge in [-0.2, -0.15) is 0 Å². The number of carbonyl (C=O) groups is 1. The van der Waals surface area contributed by atoms with Gasteiger partial charge in [-0.1, -0.05) is 0 Å². The Bertz CT molecular complexity index is 474. The predicted octanol–water partition coefficient (Wildman–Crippen LogP) is 2.78. The molecule has 0 atom stereocenters. The van der Waals surface area contributed by atoms with E-state index in [0.29, 0.717) is 19.0 Å². The average molecular weight is 277 g/mol. The van der Waals surface area contributed by atoms with E-state index in [9.17, 15) is 4.79 Å². The fraction of sp³-hybridized carbons (Fsp3) is 0.600. The number of likely N-dealkylation sites (tertiary alicyclic amines) is 1. The molecule has 2 N–H and O–H groups in total. The summed E-state index contributed by atoms with van der Waals surface area (Å²) in [6.07, 6.45) is 3.29. The number of hydrogen-bond donors (Lipinski definition) is 1. The third-order valence-corrected chi connectivity index (χ3v) is 3.40. The average Bonchev–Trinajstić information content (AvgIpc) is 2.37. The van der Waals surface area contributed by atoms with Crippen molar-refractivity contribution in [1.82, 2.24) is 9.88 Å². The third-order valence-electron chi connectivity index (χ3n) is 3.40. The van der Waals surface area contributed by atoms with Crippen molar-refractivity contribution in [3.05, 3.63) is 24.0 Å². The third kappa shape index (κ3) is 3.62. The predicted molar refractivity (Wildman–Crippen MR) is 78.4 cm³/mol. The van der Waals surface area contributed by atoms with Crippen LogP contribution in [-0.2, 0) is 4.74 Å². The molecule has 2 heterocycles. The van der Waals surface area contributed by atoms with Gasteiger partial charge in [-0.05, 0) is 45.7 Å². The first-order valence-electron chi connectivity index (χ1n) is 7.05. The number of amides is 1. The lowest BCUT2D eigenvalue weighted by Gasteiger charge is -2.33. The van der Waals surface area contributed by atoms with Gasteiger partial charge in [0.05, 0.1) is 11.4 Å².